The van der Waals surface area contributed by atoms with Crippen LogP contribution in [0.4, 0.5) is 16.2 Å². The molecule has 1 aromatic rings. The number of piperazine rings is 1. The maximum Gasteiger partial charge on any atom is 0.319 e. The minimum atomic E-state index is -0.122. The predicted molar refractivity (Wildman–Crippen MR) is 95.1 cm³/mol. The van der Waals surface area contributed by atoms with Crippen molar-refractivity contribution in [2.75, 3.05) is 43.4 Å². The van der Waals surface area contributed by atoms with Gasteiger partial charge in [0.05, 0.1) is 11.4 Å². The van der Waals surface area contributed by atoms with Crippen molar-refractivity contribution in [3.63, 3.8) is 0 Å². The first-order chi connectivity index (χ1) is 11.2. The summed E-state index contributed by atoms with van der Waals surface area (Å²) in [6.07, 6.45) is 7.51. The van der Waals surface area contributed by atoms with Gasteiger partial charge in [-0.05, 0) is 38.4 Å². The number of hydrogen-bond donors (Lipinski definition) is 2. The number of para-hydroxylation sites is 2. The number of rotatable bonds is 3. The van der Waals surface area contributed by atoms with E-state index in [2.05, 4.69) is 45.7 Å². The van der Waals surface area contributed by atoms with Gasteiger partial charge in [0.2, 0.25) is 0 Å². The van der Waals surface area contributed by atoms with Gasteiger partial charge in [0, 0.05) is 32.2 Å². The minimum Gasteiger partial charge on any atom is -0.367 e. The van der Waals surface area contributed by atoms with Gasteiger partial charge >= 0.3 is 6.03 Å². The van der Waals surface area contributed by atoms with Crippen molar-refractivity contribution in [3.05, 3.63) is 36.4 Å². The number of nitrogens with one attached hydrogen (secondary N) is 2. The number of benzene rings is 1. The standard InChI is InChI=1S/C18H26N4O/c1-21-11-13-22(14-12-21)17-10-6-5-9-16(17)20-18(23)19-15-7-3-2-4-8-15/h3,5-7,9-10,15H,2,4,8,11-14H2,1H3,(H2,19,20,23)/t15-/m0/s1. The number of carbonyl (C=O) groups excluding carboxylic acids is 1. The predicted octanol–water partition coefficient (Wildman–Crippen LogP) is 2.67. The van der Waals surface area contributed by atoms with Gasteiger partial charge in [0.25, 0.3) is 0 Å². The van der Waals surface area contributed by atoms with Crippen LogP contribution in [0.1, 0.15) is 19.3 Å². The van der Waals surface area contributed by atoms with Gasteiger partial charge in [-0.15, -0.1) is 0 Å². The maximum atomic E-state index is 12.3. The number of carbonyl (C=O) groups is 1. The van der Waals surface area contributed by atoms with E-state index < -0.39 is 0 Å². The number of urea groups is 1. The molecule has 1 fully saturated rings. The third-order valence-electron chi connectivity index (χ3n) is 4.57. The number of amides is 2. The van der Waals surface area contributed by atoms with E-state index in [9.17, 15) is 4.79 Å². The lowest BCUT2D eigenvalue weighted by molar-refractivity contribution is 0.249. The fourth-order valence-electron chi connectivity index (χ4n) is 3.16. The Morgan fingerprint density at radius 1 is 1.17 bits per heavy atom. The van der Waals surface area contributed by atoms with Crippen molar-refractivity contribution in [1.29, 1.82) is 0 Å². The summed E-state index contributed by atoms with van der Waals surface area (Å²) in [4.78, 5) is 17.0. The molecule has 1 aliphatic carbocycles. The molecule has 5 nitrogen and oxygen atoms in total. The van der Waals surface area contributed by atoms with Gasteiger partial charge in [-0.2, -0.15) is 0 Å². The smallest absolute Gasteiger partial charge is 0.319 e. The second kappa shape index (κ2) is 7.51. The van der Waals surface area contributed by atoms with Crippen LogP contribution in [0.5, 0.6) is 0 Å². The lowest BCUT2D eigenvalue weighted by atomic mass is 10.0. The number of allylic oxidation sites excluding steroid dienone is 1. The third kappa shape index (κ3) is 4.26. The monoisotopic (exact) mass is 314 g/mol. The molecule has 0 spiro atoms. The molecule has 0 unspecified atom stereocenters. The molecule has 1 aromatic carbocycles. The Bertz CT molecular complexity index is 564. The Kier molecular flexibility index (Phi) is 5.18. The van der Waals surface area contributed by atoms with Crippen LogP contribution in [0.3, 0.4) is 0 Å². The maximum absolute atomic E-state index is 12.3. The largest absolute Gasteiger partial charge is 0.367 e. The first kappa shape index (κ1) is 15.9. The number of nitrogens with zero attached hydrogens (tertiary/aromatic N) is 2. The molecule has 1 saturated heterocycles. The quantitative estimate of drug-likeness (QED) is 0.843. The first-order valence-electron chi connectivity index (χ1n) is 8.49. The molecule has 0 saturated carbocycles. The van der Waals surface area contributed by atoms with Gasteiger partial charge in [-0.1, -0.05) is 24.3 Å². The zero-order valence-corrected chi connectivity index (χ0v) is 13.8. The van der Waals surface area contributed by atoms with E-state index >= 15 is 0 Å². The summed E-state index contributed by atoms with van der Waals surface area (Å²) in [6, 6.07) is 8.09. The van der Waals surface area contributed by atoms with Crippen LogP contribution < -0.4 is 15.5 Å². The van der Waals surface area contributed by atoms with Gasteiger partial charge in [0.15, 0.2) is 0 Å². The average molecular weight is 314 g/mol. The Hall–Kier alpha value is -2.01. The van der Waals surface area contributed by atoms with E-state index in [1.807, 2.05) is 18.2 Å². The van der Waals surface area contributed by atoms with E-state index in [4.69, 9.17) is 0 Å². The Morgan fingerprint density at radius 2 is 1.96 bits per heavy atom. The molecule has 1 atom stereocenters. The lowest BCUT2D eigenvalue weighted by Crippen LogP contribution is -2.45. The second-order valence-electron chi connectivity index (χ2n) is 6.37. The van der Waals surface area contributed by atoms with Gasteiger partial charge in [0.1, 0.15) is 0 Å². The first-order valence-corrected chi connectivity index (χ1v) is 8.49. The summed E-state index contributed by atoms with van der Waals surface area (Å²) in [5, 5.41) is 6.07. The van der Waals surface area contributed by atoms with E-state index in [0.29, 0.717) is 0 Å². The van der Waals surface area contributed by atoms with Crippen LogP contribution in [0, 0.1) is 0 Å². The van der Waals surface area contributed by atoms with Crippen molar-refractivity contribution in [1.82, 2.24) is 10.2 Å². The molecule has 0 bridgehead atoms. The SMILES string of the molecule is CN1CCN(c2ccccc2NC(=O)N[C@H]2C=CCCC2)CC1. The summed E-state index contributed by atoms with van der Waals surface area (Å²) in [7, 11) is 2.15. The zero-order valence-electron chi connectivity index (χ0n) is 13.8. The van der Waals surface area contributed by atoms with Gasteiger partial charge in [-0.25, -0.2) is 4.79 Å². The Balaban J connectivity index is 1.64. The summed E-state index contributed by atoms with van der Waals surface area (Å²) in [5.41, 5.74) is 1.99. The summed E-state index contributed by atoms with van der Waals surface area (Å²) < 4.78 is 0. The Labute approximate surface area is 138 Å². The van der Waals surface area contributed by atoms with Crippen LogP contribution in [0.25, 0.3) is 0 Å². The van der Waals surface area contributed by atoms with Crippen molar-refractivity contribution >= 4 is 17.4 Å². The van der Waals surface area contributed by atoms with Gasteiger partial charge < -0.3 is 20.4 Å². The highest BCUT2D eigenvalue weighted by molar-refractivity contribution is 5.93. The van der Waals surface area contributed by atoms with Crippen LogP contribution in [0.15, 0.2) is 36.4 Å². The molecule has 2 aliphatic rings. The van der Waals surface area contributed by atoms with Crippen molar-refractivity contribution in [3.8, 4) is 0 Å². The topological polar surface area (TPSA) is 47.6 Å². The highest BCUT2D eigenvalue weighted by Gasteiger charge is 2.18. The molecular formula is C18H26N4O. The zero-order chi connectivity index (χ0) is 16.1. The molecule has 0 aromatic heterocycles. The molecule has 2 N–H and O–H groups in total. The normalized spacial score (nSPS) is 22.0. The van der Waals surface area contributed by atoms with Gasteiger partial charge in [-0.3, -0.25) is 0 Å². The van der Waals surface area contributed by atoms with Crippen molar-refractivity contribution in [2.45, 2.75) is 25.3 Å². The fraction of sp³-hybridized carbons (Fsp3) is 0.500. The summed E-state index contributed by atoms with van der Waals surface area (Å²) >= 11 is 0. The highest BCUT2D eigenvalue weighted by atomic mass is 16.2. The molecule has 5 heteroatoms. The molecule has 3 rings (SSSR count). The molecular weight excluding hydrogens is 288 g/mol. The van der Waals surface area contributed by atoms with Crippen LogP contribution in [0.2, 0.25) is 0 Å². The van der Waals surface area contributed by atoms with Crippen LogP contribution in [-0.4, -0.2) is 50.2 Å². The molecule has 1 aliphatic heterocycles. The van der Waals surface area contributed by atoms with E-state index in [1.54, 1.807) is 0 Å². The summed E-state index contributed by atoms with van der Waals surface area (Å²) in [6.45, 7) is 4.07. The molecule has 1 heterocycles. The number of hydrogen-bond acceptors (Lipinski definition) is 3. The van der Waals surface area contributed by atoms with E-state index in [1.165, 1.54) is 0 Å². The minimum absolute atomic E-state index is 0.122. The molecule has 23 heavy (non-hydrogen) atoms. The molecule has 0 radical (unpaired) electrons. The lowest BCUT2D eigenvalue weighted by Gasteiger charge is -2.35. The van der Waals surface area contributed by atoms with Crippen molar-refractivity contribution in [2.24, 2.45) is 0 Å². The highest BCUT2D eigenvalue weighted by Crippen LogP contribution is 2.26. The average Bonchev–Trinajstić information content (AvgIpc) is 2.57. The van der Waals surface area contributed by atoms with E-state index in [-0.39, 0.29) is 12.1 Å². The van der Waals surface area contributed by atoms with E-state index in [0.717, 1.165) is 56.8 Å². The van der Waals surface area contributed by atoms with Crippen LogP contribution >= 0.6 is 0 Å². The third-order valence-corrected chi connectivity index (χ3v) is 4.57. The number of likely N-dealkylation sites (N-methyl/N-ethyl adjacent to an activating group) is 1. The van der Waals surface area contributed by atoms with Crippen molar-refractivity contribution < 1.29 is 4.79 Å². The second-order valence-corrected chi connectivity index (χ2v) is 6.37. The fourth-order valence-corrected chi connectivity index (χ4v) is 3.16. The summed E-state index contributed by atoms with van der Waals surface area (Å²) in [5.74, 6) is 0. The Morgan fingerprint density at radius 3 is 2.70 bits per heavy atom. The number of anilines is 2. The molecule has 2 amide bonds. The molecule has 124 valence electrons. The van der Waals surface area contributed by atoms with Crippen LogP contribution in [-0.2, 0) is 0 Å².